The van der Waals surface area contributed by atoms with Gasteiger partial charge in [-0.1, -0.05) is 78.9 Å². The molecule has 0 saturated heterocycles. The molecule has 0 aliphatic rings. The highest BCUT2D eigenvalue weighted by atomic mass is 32.2. The van der Waals surface area contributed by atoms with Gasteiger partial charge in [-0.05, 0) is 55.5 Å². The summed E-state index contributed by atoms with van der Waals surface area (Å²) in [6, 6.07) is 25.6. The number of aryl methyl sites for hydroxylation is 2. The van der Waals surface area contributed by atoms with Gasteiger partial charge in [0, 0.05) is 24.8 Å². The summed E-state index contributed by atoms with van der Waals surface area (Å²) in [5, 5.41) is 3.05. The molecule has 0 aliphatic carbocycles. The van der Waals surface area contributed by atoms with E-state index in [-0.39, 0.29) is 17.9 Å². The van der Waals surface area contributed by atoms with Gasteiger partial charge in [-0.25, -0.2) is 0 Å². The number of carbonyl (C=O) groups excluding carboxylic acids is 2. The van der Waals surface area contributed by atoms with Crippen LogP contribution in [0.15, 0.2) is 78.9 Å². The predicted octanol–water partition coefficient (Wildman–Crippen LogP) is 5.70. The first kappa shape index (κ1) is 26.6. The third kappa shape index (κ3) is 8.00. The molecule has 0 aliphatic heterocycles. The van der Waals surface area contributed by atoms with Crippen LogP contribution in [0.4, 0.5) is 0 Å². The Balaban J connectivity index is 1.86. The summed E-state index contributed by atoms with van der Waals surface area (Å²) in [6.07, 6.45) is 0.472. The maximum atomic E-state index is 13.7. The second kappa shape index (κ2) is 13.1. The Bertz CT molecular complexity index is 1110. The zero-order valence-corrected chi connectivity index (χ0v) is 22.0. The standard InChI is InChI=1S/C30H36N2O2S/c1-22(2)31-30(34)28(18-25-14-6-5-7-15-25)32(19-26-16-10-8-12-23(26)3)29(33)21-35-20-27-17-11-9-13-24(27)4/h5-17,22,28H,18-21H2,1-4H3,(H,31,34)/t28-/m1/s1. The number of benzene rings is 3. The zero-order valence-electron chi connectivity index (χ0n) is 21.2. The van der Waals surface area contributed by atoms with Crippen LogP contribution in [0.25, 0.3) is 0 Å². The first-order valence-electron chi connectivity index (χ1n) is 12.2. The molecule has 35 heavy (non-hydrogen) atoms. The van der Waals surface area contributed by atoms with Crippen LogP contribution in [0.3, 0.4) is 0 Å². The summed E-state index contributed by atoms with van der Waals surface area (Å²) >= 11 is 1.60. The molecule has 184 valence electrons. The van der Waals surface area contributed by atoms with E-state index in [4.69, 9.17) is 0 Å². The van der Waals surface area contributed by atoms with Gasteiger partial charge in [-0.15, -0.1) is 11.8 Å². The van der Waals surface area contributed by atoms with Crippen molar-refractivity contribution in [2.75, 3.05) is 5.75 Å². The van der Waals surface area contributed by atoms with Crippen LogP contribution in [0, 0.1) is 13.8 Å². The van der Waals surface area contributed by atoms with E-state index in [1.54, 1.807) is 16.7 Å². The van der Waals surface area contributed by atoms with E-state index in [1.807, 2.05) is 87.5 Å². The predicted molar refractivity (Wildman–Crippen MR) is 146 cm³/mol. The molecule has 3 aromatic carbocycles. The van der Waals surface area contributed by atoms with Gasteiger partial charge in [-0.3, -0.25) is 9.59 Å². The molecule has 0 bridgehead atoms. The zero-order chi connectivity index (χ0) is 25.2. The van der Waals surface area contributed by atoms with E-state index in [9.17, 15) is 9.59 Å². The normalized spacial score (nSPS) is 11.8. The van der Waals surface area contributed by atoms with Crippen molar-refractivity contribution in [3.05, 3.63) is 107 Å². The number of hydrogen-bond donors (Lipinski definition) is 1. The van der Waals surface area contributed by atoms with Crippen LogP contribution in [0.2, 0.25) is 0 Å². The monoisotopic (exact) mass is 488 g/mol. The Kier molecular flexibility index (Phi) is 9.98. The SMILES string of the molecule is Cc1ccccc1CSCC(=O)N(Cc1ccccc1C)[C@H](Cc1ccccc1)C(=O)NC(C)C. The molecule has 0 unspecified atom stereocenters. The van der Waals surface area contributed by atoms with Crippen molar-refractivity contribution in [2.24, 2.45) is 0 Å². The fourth-order valence-corrected chi connectivity index (χ4v) is 5.00. The number of carbonyl (C=O) groups is 2. The number of nitrogens with zero attached hydrogens (tertiary/aromatic N) is 1. The molecule has 5 heteroatoms. The van der Waals surface area contributed by atoms with Crippen LogP contribution in [-0.4, -0.2) is 34.6 Å². The molecule has 0 aromatic heterocycles. The van der Waals surface area contributed by atoms with E-state index < -0.39 is 6.04 Å². The van der Waals surface area contributed by atoms with Gasteiger partial charge in [0.2, 0.25) is 11.8 Å². The fraction of sp³-hybridized carbons (Fsp3) is 0.333. The Morgan fingerprint density at radius 2 is 1.40 bits per heavy atom. The van der Waals surface area contributed by atoms with Crippen LogP contribution in [-0.2, 0) is 28.3 Å². The first-order chi connectivity index (χ1) is 16.8. The minimum absolute atomic E-state index is 0.00776. The Labute approximate surface area is 214 Å². The van der Waals surface area contributed by atoms with Crippen molar-refractivity contribution in [2.45, 2.75) is 58.5 Å². The molecule has 0 spiro atoms. The molecule has 4 nitrogen and oxygen atoms in total. The summed E-state index contributed by atoms with van der Waals surface area (Å²) in [4.78, 5) is 28.9. The number of hydrogen-bond acceptors (Lipinski definition) is 3. The quantitative estimate of drug-likeness (QED) is 0.377. The van der Waals surface area contributed by atoms with Gasteiger partial charge in [0.25, 0.3) is 0 Å². The van der Waals surface area contributed by atoms with Crippen LogP contribution >= 0.6 is 11.8 Å². The molecule has 0 heterocycles. The Hall–Kier alpha value is -3.05. The molecule has 1 atom stereocenters. The topological polar surface area (TPSA) is 49.4 Å². The molecule has 0 fully saturated rings. The first-order valence-corrected chi connectivity index (χ1v) is 13.3. The average molecular weight is 489 g/mol. The van der Waals surface area contributed by atoms with Crippen molar-refractivity contribution >= 4 is 23.6 Å². The van der Waals surface area contributed by atoms with Crippen molar-refractivity contribution in [3.63, 3.8) is 0 Å². The molecule has 1 N–H and O–H groups in total. The van der Waals surface area contributed by atoms with E-state index in [1.165, 1.54) is 11.1 Å². The molecule has 3 rings (SSSR count). The smallest absolute Gasteiger partial charge is 0.243 e. The van der Waals surface area contributed by atoms with Gasteiger partial charge in [-0.2, -0.15) is 0 Å². The number of rotatable bonds is 11. The van der Waals surface area contributed by atoms with E-state index in [0.29, 0.717) is 18.7 Å². The van der Waals surface area contributed by atoms with E-state index >= 15 is 0 Å². The molecule has 0 radical (unpaired) electrons. The lowest BCUT2D eigenvalue weighted by Crippen LogP contribution is -2.52. The third-order valence-corrected chi connectivity index (χ3v) is 7.01. The van der Waals surface area contributed by atoms with Crippen LogP contribution < -0.4 is 5.32 Å². The van der Waals surface area contributed by atoms with E-state index in [2.05, 4.69) is 24.4 Å². The van der Waals surface area contributed by atoms with Gasteiger partial charge < -0.3 is 10.2 Å². The minimum atomic E-state index is -0.592. The summed E-state index contributed by atoms with van der Waals surface area (Å²) in [5.41, 5.74) is 5.66. The van der Waals surface area contributed by atoms with Crippen LogP contribution in [0.1, 0.15) is 41.7 Å². The summed E-state index contributed by atoms with van der Waals surface area (Å²) in [7, 11) is 0. The number of amides is 2. The third-order valence-electron chi connectivity index (χ3n) is 6.05. The second-order valence-electron chi connectivity index (χ2n) is 9.24. The molecule has 0 saturated carbocycles. The lowest BCUT2D eigenvalue weighted by Gasteiger charge is -2.32. The second-order valence-corrected chi connectivity index (χ2v) is 10.2. The highest BCUT2D eigenvalue weighted by molar-refractivity contribution is 7.99. The summed E-state index contributed by atoms with van der Waals surface area (Å²) in [6.45, 7) is 8.44. The lowest BCUT2D eigenvalue weighted by atomic mass is 10.0. The van der Waals surface area contributed by atoms with Crippen molar-refractivity contribution < 1.29 is 9.59 Å². The van der Waals surface area contributed by atoms with Crippen molar-refractivity contribution in [1.29, 1.82) is 0 Å². The number of nitrogens with one attached hydrogen (secondary N) is 1. The van der Waals surface area contributed by atoms with Gasteiger partial charge in [0.15, 0.2) is 0 Å². The van der Waals surface area contributed by atoms with Crippen molar-refractivity contribution in [3.8, 4) is 0 Å². The molecular weight excluding hydrogens is 452 g/mol. The molecule has 2 amide bonds. The summed E-state index contributed by atoms with van der Waals surface area (Å²) < 4.78 is 0. The summed E-state index contributed by atoms with van der Waals surface area (Å²) in [5.74, 6) is 0.944. The Morgan fingerprint density at radius 1 is 0.829 bits per heavy atom. The van der Waals surface area contributed by atoms with Gasteiger partial charge >= 0.3 is 0 Å². The number of thioether (sulfide) groups is 1. The maximum absolute atomic E-state index is 13.7. The highest BCUT2D eigenvalue weighted by Crippen LogP contribution is 2.21. The van der Waals surface area contributed by atoms with Gasteiger partial charge in [0.1, 0.15) is 6.04 Å². The lowest BCUT2D eigenvalue weighted by molar-refractivity contribution is -0.139. The van der Waals surface area contributed by atoms with Gasteiger partial charge in [0.05, 0.1) is 5.75 Å². The van der Waals surface area contributed by atoms with Crippen LogP contribution in [0.5, 0.6) is 0 Å². The fourth-order valence-electron chi connectivity index (χ4n) is 4.01. The molecular formula is C30H36N2O2S. The highest BCUT2D eigenvalue weighted by Gasteiger charge is 2.30. The largest absolute Gasteiger partial charge is 0.352 e. The van der Waals surface area contributed by atoms with E-state index in [0.717, 1.165) is 22.4 Å². The molecule has 3 aromatic rings. The minimum Gasteiger partial charge on any atom is -0.352 e. The maximum Gasteiger partial charge on any atom is 0.243 e. The average Bonchev–Trinajstić information content (AvgIpc) is 2.83. The van der Waals surface area contributed by atoms with Crippen molar-refractivity contribution in [1.82, 2.24) is 10.2 Å². The Morgan fingerprint density at radius 3 is 2.00 bits per heavy atom.